The zero-order chi connectivity index (χ0) is 19.0. The van der Waals surface area contributed by atoms with Crippen LogP contribution in [0.15, 0.2) is 52.3 Å². The summed E-state index contributed by atoms with van der Waals surface area (Å²) in [5, 5.41) is 18.2. The van der Waals surface area contributed by atoms with Crippen molar-refractivity contribution in [2.24, 2.45) is 0 Å². The van der Waals surface area contributed by atoms with E-state index >= 15 is 0 Å². The second-order valence-corrected chi connectivity index (χ2v) is 7.68. The van der Waals surface area contributed by atoms with Crippen molar-refractivity contribution in [3.8, 4) is 6.07 Å². The van der Waals surface area contributed by atoms with E-state index < -0.39 is 27.2 Å². The summed E-state index contributed by atoms with van der Waals surface area (Å²) in [4.78, 5) is -0.565. The third-order valence-electron chi connectivity index (χ3n) is 3.63. The van der Waals surface area contributed by atoms with Crippen molar-refractivity contribution in [2.45, 2.75) is 28.5 Å². The van der Waals surface area contributed by atoms with Gasteiger partial charge < -0.3 is 5.11 Å². The number of hydrogen-bond donors (Lipinski definition) is 1. The molecule has 25 heavy (non-hydrogen) atoms. The molecule has 2 aromatic carbocycles. The Hall–Kier alpha value is -2.08. The lowest BCUT2D eigenvalue weighted by atomic mass is 9.96. The number of aliphatic hydroxyl groups is 1. The van der Waals surface area contributed by atoms with E-state index in [1.54, 1.807) is 0 Å². The molecule has 0 aromatic heterocycles. The van der Waals surface area contributed by atoms with Crippen LogP contribution in [-0.4, -0.2) is 19.7 Å². The number of sulfone groups is 1. The molecule has 0 spiro atoms. The molecule has 0 saturated heterocycles. The normalized spacial score (nSPS) is 14.6. The van der Waals surface area contributed by atoms with Gasteiger partial charge >= 0.3 is 6.18 Å². The molecule has 0 radical (unpaired) electrons. The van der Waals surface area contributed by atoms with E-state index in [2.05, 4.69) is 0 Å². The number of hydrogen-bond acceptors (Lipinski definition) is 4. The van der Waals surface area contributed by atoms with Crippen LogP contribution in [0.3, 0.4) is 0 Å². The lowest BCUT2D eigenvalue weighted by Gasteiger charge is -2.26. The number of benzene rings is 2. The summed E-state index contributed by atoms with van der Waals surface area (Å²) in [6.45, 7) is 0.577. The van der Waals surface area contributed by atoms with Crippen molar-refractivity contribution >= 4 is 21.4 Å². The van der Waals surface area contributed by atoms with Gasteiger partial charge in [0, 0.05) is 0 Å². The quantitative estimate of drug-likeness (QED) is 0.862. The zero-order valence-electron chi connectivity index (χ0n) is 12.7. The van der Waals surface area contributed by atoms with Crippen LogP contribution in [0.5, 0.6) is 0 Å². The largest absolute Gasteiger partial charge is 0.421 e. The van der Waals surface area contributed by atoms with Crippen LogP contribution >= 0.6 is 11.6 Å². The van der Waals surface area contributed by atoms with Gasteiger partial charge in [-0.05, 0) is 42.8 Å². The highest BCUT2D eigenvalue weighted by atomic mass is 35.5. The van der Waals surface area contributed by atoms with Crippen LogP contribution in [0.1, 0.15) is 18.1 Å². The first-order chi connectivity index (χ1) is 11.4. The molecule has 132 valence electrons. The zero-order valence-corrected chi connectivity index (χ0v) is 14.2. The fourth-order valence-electron chi connectivity index (χ4n) is 2.04. The summed E-state index contributed by atoms with van der Waals surface area (Å²) >= 11 is 5.89. The van der Waals surface area contributed by atoms with Crippen molar-refractivity contribution in [1.29, 1.82) is 5.26 Å². The van der Waals surface area contributed by atoms with Crippen molar-refractivity contribution in [3.63, 3.8) is 0 Å². The van der Waals surface area contributed by atoms with Crippen molar-refractivity contribution < 1.29 is 26.7 Å². The molecule has 1 atom stereocenters. The van der Waals surface area contributed by atoms with E-state index in [0.29, 0.717) is 6.92 Å². The van der Waals surface area contributed by atoms with Crippen LogP contribution in [0, 0.1) is 11.3 Å². The Morgan fingerprint density at radius 3 is 2.12 bits per heavy atom. The van der Waals surface area contributed by atoms with Gasteiger partial charge in [0.1, 0.15) is 0 Å². The lowest BCUT2D eigenvalue weighted by Crippen LogP contribution is -2.39. The van der Waals surface area contributed by atoms with Crippen LogP contribution in [0.2, 0.25) is 5.02 Å². The molecule has 1 N–H and O–H groups in total. The SMILES string of the molecule is C[C@](O)(c1ccc(S(=O)(=O)c2ccc([14C]#N)cc2Cl)cc1)C(F)(F)F. The minimum atomic E-state index is -4.91. The fourth-order valence-corrected chi connectivity index (χ4v) is 3.83. The van der Waals surface area contributed by atoms with Crippen LogP contribution in [-0.2, 0) is 15.4 Å². The highest BCUT2D eigenvalue weighted by Gasteiger charge is 2.51. The molecule has 0 aliphatic carbocycles. The first kappa shape index (κ1) is 19.2. The molecule has 0 bridgehead atoms. The highest BCUT2D eigenvalue weighted by Crippen LogP contribution is 2.39. The second-order valence-electron chi connectivity index (χ2n) is 5.35. The van der Waals surface area contributed by atoms with Crippen molar-refractivity contribution in [2.75, 3.05) is 0 Å². The Morgan fingerprint density at radius 1 is 1.12 bits per heavy atom. The van der Waals surface area contributed by atoms with Gasteiger partial charge in [0.05, 0.1) is 26.4 Å². The molecule has 0 unspecified atom stereocenters. The molecule has 0 heterocycles. The Kier molecular flexibility index (Phi) is 4.88. The Labute approximate surface area is 147 Å². The third kappa shape index (κ3) is 3.49. The molecular weight excluding hydrogens is 381 g/mol. The monoisotopic (exact) mass is 391 g/mol. The maximum absolute atomic E-state index is 12.8. The van der Waals surface area contributed by atoms with E-state index in [1.807, 2.05) is 6.07 Å². The van der Waals surface area contributed by atoms with Gasteiger partial charge in [-0.1, -0.05) is 23.7 Å². The second kappa shape index (κ2) is 6.33. The Balaban J connectivity index is 2.48. The molecule has 0 saturated carbocycles. The standard InChI is InChI=1S/C16H11ClF3NO3S/c1-15(22,16(18,19)20)11-3-5-12(6-4-11)25(23,24)14-7-2-10(9-21)8-13(14)17/h2-8,22H,1H3/t15-/m0/s1/i9+2. The molecule has 0 aliphatic rings. The smallest absolute Gasteiger partial charge is 0.376 e. The summed E-state index contributed by atoms with van der Waals surface area (Å²) < 4.78 is 63.6. The van der Waals surface area contributed by atoms with Gasteiger partial charge in [-0.15, -0.1) is 0 Å². The summed E-state index contributed by atoms with van der Waals surface area (Å²) in [5.41, 5.74) is -3.44. The molecule has 0 amide bonds. The average molecular weight is 392 g/mol. The maximum Gasteiger partial charge on any atom is 0.421 e. The van der Waals surface area contributed by atoms with E-state index in [4.69, 9.17) is 16.9 Å². The first-order valence-corrected chi connectivity index (χ1v) is 8.62. The molecule has 9 heteroatoms. The van der Waals surface area contributed by atoms with Gasteiger partial charge in [-0.3, -0.25) is 0 Å². The predicted molar refractivity (Wildman–Crippen MR) is 83.7 cm³/mol. The lowest BCUT2D eigenvalue weighted by molar-refractivity contribution is -0.258. The first-order valence-electron chi connectivity index (χ1n) is 6.75. The van der Waals surface area contributed by atoms with E-state index in [-0.39, 0.29) is 20.4 Å². The molecule has 4 nitrogen and oxygen atoms in total. The topological polar surface area (TPSA) is 78.2 Å². The summed E-state index contributed by atoms with van der Waals surface area (Å²) in [7, 11) is -4.10. The van der Waals surface area contributed by atoms with Gasteiger partial charge in [0.25, 0.3) is 0 Å². The molecule has 0 aliphatic heterocycles. The number of nitrogens with zero attached hydrogens (tertiary/aromatic N) is 1. The average Bonchev–Trinajstić information content (AvgIpc) is 2.53. The molecule has 2 rings (SSSR count). The molecular formula is C16H11ClF3NO3S. The van der Waals surface area contributed by atoms with Crippen LogP contribution < -0.4 is 0 Å². The summed E-state index contributed by atoms with van der Waals surface area (Å²) in [6, 6.07) is 9.09. The van der Waals surface area contributed by atoms with Crippen molar-refractivity contribution in [1.82, 2.24) is 0 Å². The number of halogens is 4. The Morgan fingerprint density at radius 2 is 1.68 bits per heavy atom. The summed E-state index contributed by atoms with van der Waals surface area (Å²) in [6.07, 6.45) is -4.91. The molecule has 0 fully saturated rings. The van der Waals surface area contributed by atoms with Gasteiger partial charge in [-0.25, -0.2) is 8.42 Å². The van der Waals surface area contributed by atoms with Gasteiger partial charge in [0.2, 0.25) is 9.84 Å². The van der Waals surface area contributed by atoms with Crippen molar-refractivity contribution in [3.05, 3.63) is 58.6 Å². The molecule has 2 aromatic rings. The fraction of sp³-hybridized carbons (Fsp3) is 0.188. The minimum Gasteiger partial charge on any atom is -0.376 e. The summed E-state index contributed by atoms with van der Waals surface area (Å²) in [5.74, 6) is 0. The third-order valence-corrected chi connectivity index (χ3v) is 5.88. The van der Waals surface area contributed by atoms with Gasteiger partial charge in [-0.2, -0.15) is 18.4 Å². The van der Waals surface area contributed by atoms with E-state index in [9.17, 15) is 26.7 Å². The number of alkyl halides is 3. The Bertz CT molecular complexity index is 946. The van der Waals surface area contributed by atoms with E-state index in [1.165, 1.54) is 12.1 Å². The van der Waals surface area contributed by atoms with Crippen LogP contribution in [0.4, 0.5) is 13.2 Å². The minimum absolute atomic E-state index is 0.167. The van der Waals surface area contributed by atoms with Gasteiger partial charge in [0.15, 0.2) is 5.60 Å². The maximum atomic E-state index is 12.8. The number of rotatable bonds is 3. The number of nitriles is 1. The highest BCUT2D eigenvalue weighted by molar-refractivity contribution is 7.91. The van der Waals surface area contributed by atoms with Crippen LogP contribution in [0.25, 0.3) is 0 Å². The van der Waals surface area contributed by atoms with E-state index in [0.717, 1.165) is 30.3 Å². The predicted octanol–water partition coefficient (Wildman–Crippen LogP) is 3.81.